The summed E-state index contributed by atoms with van der Waals surface area (Å²) in [6.07, 6.45) is 3.35. The van der Waals surface area contributed by atoms with E-state index >= 15 is 0 Å². The zero-order valence-electron chi connectivity index (χ0n) is 10.1. The van der Waals surface area contributed by atoms with E-state index in [1.807, 2.05) is 36.4 Å². The van der Waals surface area contributed by atoms with Gasteiger partial charge in [0.2, 0.25) is 0 Å². The minimum absolute atomic E-state index is 0.183. The van der Waals surface area contributed by atoms with E-state index in [0.29, 0.717) is 0 Å². The van der Waals surface area contributed by atoms with Crippen LogP contribution in [-0.2, 0) is 4.79 Å². The van der Waals surface area contributed by atoms with Crippen molar-refractivity contribution in [3.63, 3.8) is 0 Å². The maximum atomic E-state index is 11.5. The van der Waals surface area contributed by atoms with Gasteiger partial charge in [0.15, 0.2) is 0 Å². The Balaban J connectivity index is 1.74. The van der Waals surface area contributed by atoms with Gasteiger partial charge in [0.05, 0.1) is 18.5 Å². The number of H-pyrrole nitrogens is 1. The van der Waals surface area contributed by atoms with Crippen LogP contribution in [0.25, 0.3) is 0 Å². The fourth-order valence-corrected chi connectivity index (χ4v) is 1.75. The summed E-state index contributed by atoms with van der Waals surface area (Å²) >= 11 is 2.23. The van der Waals surface area contributed by atoms with E-state index in [1.54, 1.807) is 12.4 Å². The molecule has 6 heteroatoms. The first-order valence-electron chi connectivity index (χ1n) is 5.69. The molecule has 2 rings (SSSR count). The molecule has 19 heavy (non-hydrogen) atoms. The van der Waals surface area contributed by atoms with Gasteiger partial charge in [-0.05, 0) is 59.0 Å². The molecule has 0 spiro atoms. The van der Waals surface area contributed by atoms with Crippen molar-refractivity contribution in [1.82, 2.24) is 10.4 Å². The molecule has 0 fully saturated rings. The SMILES string of the molecule is O=C(CNc1ccc(I)cc1)N/N=C\c1ccc[nH]1. The average Bonchev–Trinajstić information content (AvgIpc) is 2.91. The van der Waals surface area contributed by atoms with Crippen molar-refractivity contribution in [2.45, 2.75) is 0 Å². The van der Waals surface area contributed by atoms with Crippen LogP contribution in [-0.4, -0.2) is 23.7 Å². The lowest BCUT2D eigenvalue weighted by Gasteiger charge is -2.04. The molecule has 5 nitrogen and oxygen atoms in total. The van der Waals surface area contributed by atoms with E-state index < -0.39 is 0 Å². The van der Waals surface area contributed by atoms with Crippen LogP contribution in [0.1, 0.15) is 5.69 Å². The lowest BCUT2D eigenvalue weighted by Crippen LogP contribution is -2.25. The number of hydrogen-bond donors (Lipinski definition) is 3. The van der Waals surface area contributed by atoms with Crippen molar-refractivity contribution in [3.05, 3.63) is 51.9 Å². The molecular weight excluding hydrogens is 355 g/mol. The number of hydrogen-bond acceptors (Lipinski definition) is 3. The van der Waals surface area contributed by atoms with Gasteiger partial charge in [0, 0.05) is 15.5 Å². The lowest BCUT2D eigenvalue weighted by molar-refractivity contribution is -0.119. The summed E-state index contributed by atoms with van der Waals surface area (Å²) in [4.78, 5) is 14.5. The number of anilines is 1. The molecule has 1 aromatic heterocycles. The third-order valence-electron chi connectivity index (χ3n) is 2.31. The number of carbonyl (C=O) groups excluding carboxylic acids is 1. The highest BCUT2D eigenvalue weighted by Gasteiger charge is 1.99. The summed E-state index contributed by atoms with van der Waals surface area (Å²) in [5.74, 6) is -0.193. The molecule has 0 aliphatic heterocycles. The minimum atomic E-state index is -0.193. The molecule has 0 unspecified atom stereocenters. The zero-order valence-corrected chi connectivity index (χ0v) is 12.2. The molecule has 1 amide bonds. The van der Waals surface area contributed by atoms with Crippen molar-refractivity contribution in [2.75, 3.05) is 11.9 Å². The number of aromatic amines is 1. The second kappa shape index (κ2) is 6.93. The normalized spacial score (nSPS) is 10.6. The van der Waals surface area contributed by atoms with Gasteiger partial charge in [0.1, 0.15) is 0 Å². The highest BCUT2D eigenvalue weighted by atomic mass is 127. The van der Waals surface area contributed by atoms with E-state index in [2.05, 4.69) is 43.4 Å². The summed E-state index contributed by atoms with van der Waals surface area (Å²) < 4.78 is 1.16. The maximum Gasteiger partial charge on any atom is 0.259 e. The van der Waals surface area contributed by atoms with Gasteiger partial charge in [-0.2, -0.15) is 5.10 Å². The Morgan fingerprint density at radius 3 is 2.79 bits per heavy atom. The van der Waals surface area contributed by atoms with Gasteiger partial charge in [-0.3, -0.25) is 4.79 Å². The van der Waals surface area contributed by atoms with Crippen molar-refractivity contribution >= 4 is 40.4 Å². The molecular formula is C13H13IN4O. The molecule has 0 saturated heterocycles. The van der Waals surface area contributed by atoms with Crippen molar-refractivity contribution in [2.24, 2.45) is 5.10 Å². The lowest BCUT2D eigenvalue weighted by atomic mass is 10.3. The standard InChI is InChI=1S/C13H13IN4O/c14-10-3-5-11(6-4-10)16-9-13(19)18-17-8-12-2-1-7-15-12/h1-8,15-16H,9H2,(H,18,19)/b17-8-. The van der Waals surface area contributed by atoms with Gasteiger partial charge in [-0.1, -0.05) is 0 Å². The first kappa shape index (κ1) is 13.6. The molecule has 0 atom stereocenters. The Hall–Kier alpha value is -1.83. The largest absolute Gasteiger partial charge is 0.376 e. The number of benzene rings is 1. The fourth-order valence-electron chi connectivity index (χ4n) is 1.39. The maximum absolute atomic E-state index is 11.5. The van der Waals surface area contributed by atoms with E-state index in [4.69, 9.17) is 0 Å². The smallest absolute Gasteiger partial charge is 0.259 e. The van der Waals surface area contributed by atoms with Crippen LogP contribution in [0.4, 0.5) is 5.69 Å². The first-order valence-corrected chi connectivity index (χ1v) is 6.76. The minimum Gasteiger partial charge on any atom is -0.376 e. The summed E-state index contributed by atoms with van der Waals surface area (Å²) in [5, 5.41) is 6.86. The number of aromatic nitrogens is 1. The Morgan fingerprint density at radius 2 is 2.11 bits per heavy atom. The summed E-state index contributed by atoms with van der Waals surface area (Å²) in [7, 11) is 0. The fraction of sp³-hybridized carbons (Fsp3) is 0.0769. The molecule has 0 aliphatic rings. The van der Waals surface area contributed by atoms with Crippen LogP contribution in [0.15, 0.2) is 47.7 Å². The molecule has 0 saturated carbocycles. The van der Waals surface area contributed by atoms with Gasteiger partial charge >= 0.3 is 0 Å². The molecule has 0 aliphatic carbocycles. The molecule has 0 bridgehead atoms. The number of amides is 1. The number of hydrazone groups is 1. The van der Waals surface area contributed by atoms with Crippen LogP contribution >= 0.6 is 22.6 Å². The van der Waals surface area contributed by atoms with E-state index in [-0.39, 0.29) is 12.5 Å². The van der Waals surface area contributed by atoms with Gasteiger partial charge in [-0.25, -0.2) is 5.43 Å². The highest BCUT2D eigenvalue weighted by Crippen LogP contribution is 2.10. The van der Waals surface area contributed by atoms with Crippen molar-refractivity contribution in [3.8, 4) is 0 Å². The predicted molar refractivity (Wildman–Crippen MR) is 84.2 cm³/mol. The van der Waals surface area contributed by atoms with Crippen LogP contribution in [0, 0.1) is 3.57 Å². The van der Waals surface area contributed by atoms with Crippen LogP contribution in [0.3, 0.4) is 0 Å². The Labute approximate surface area is 124 Å². The molecule has 1 heterocycles. The number of rotatable bonds is 5. The summed E-state index contributed by atoms with van der Waals surface area (Å²) in [5.41, 5.74) is 4.19. The molecule has 3 N–H and O–H groups in total. The average molecular weight is 368 g/mol. The number of halogens is 1. The van der Waals surface area contributed by atoms with Gasteiger partial charge in [-0.15, -0.1) is 0 Å². The second-order valence-corrected chi connectivity index (χ2v) is 5.02. The molecule has 2 aromatic rings. The number of nitrogens with one attached hydrogen (secondary N) is 3. The summed E-state index contributed by atoms with van der Waals surface area (Å²) in [6.45, 7) is 0.183. The third kappa shape index (κ3) is 4.74. The first-order chi connectivity index (χ1) is 9.24. The van der Waals surface area contributed by atoms with Gasteiger partial charge in [0.25, 0.3) is 5.91 Å². The van der Waals surface area contributed by atoms with Crippen LogP contribution in [0.5, 0.6) is 0 Å². The number of nitrogens with zero attached hydrogens (tertiary/aromatic N) is 1. The van der Waals surface area contributed by atoms with E-state index in [1.165, 1.54) is 0 Å². The number of carbonyl (C=O) groups is 1. The Bertz CT molecular complexity index is 549. The molecule has 98 valence electrons. The second-order valence-electron chi connectivity index (χ2n) is 3.78. The zero-order chi connectivity index (χ0) is 13.5. The highest BCUT2D eigenvalue weighted by molar-refractivity contribution is 14.1. The molecule has 0 radical (unpaired) electrons. The topological polar surface area (TPSA) is 69.3 Å². The van der Waals surface area contributed by atoms with E-state index in [9.17, 15) is 4.79 Å². The monoisotopic (exact) mass is 368 g/mol. The third-order valence-corrected chi connectivity index (χ3v) is 3.03. The van der Waals surface area contributed by atoms with Crippen LogP contribution in [0.2, 0.25) is 0 Å². The molecule has 1 aromatic carbocycles. The Morgan fingerprint density at radius 1 is 1.32 bits per heavy atom. The predicted octanol–water partition coefficient (Wildman–Crippen LogP) is 2.18. The van der Waals surface area contributed by atoms with Gasteiger partial charge < -0.3 is 10.3 Å². The Kier molecular flexibility index (Phi) is 4.96. The van der Waals surface area contributed by atoms with Crippen molar-refractivity contribution in [1.29, 1.82) is 0 Å². The summed E-state index contributed by atoms with van der Waals surface area (Å²) in [6, 6.07) is 11.5. The van der Waals surface area contributed by atoms with E-state index in [0.717, 1.165) is 15.0 Å². The van der Waals surface area contributed by atoms with Crippen LogP contribution < -0.4 is 10.7 Å². The quantitative estimate of drug-likeness (QED) is 0.430. The van der Waals surface area contributed by atoms with Crippen molar-refractivity contribution < 1.29 is 4.79 Å².